The lowest BCUT2D eigenvalue weighted by molar-refractivity contribution is -0.149. The van der Waals surface area contributed by atoms with Gasteiger partial charge in [-0.3, -0.25) is 33.8 Å². The number of likely N-dealkylation sites (tertiary alicyclic amines) is 1. The third kappa shape index (κ3) is 8.77. The summed E-state index contributed by atoms with van der Waals surface area (Å²) < 4.78 is 27.1. The number of hydrogen-bond donors (Lipinski definition) is 4. The number of fused-ring (bicyclic) bond motifs is 2. The molecule has 1 aliphatic heterocycles. The number of nitrogens with one attached hydrogen (secondary N) is 4. The zero-order chi connectivity index (χ0) is 35.5. The van der Waals surface area contributed by atoms with E-state index in [-0.39, 0.29) is 29.6 Å². The van der Waals surface area contributed by atoms with Crippen LogP contribution in [-0.4, -0.2) is 92.9 Å². The summed E-state index contributed by atoms with van der Waals surface area (Å²) in [5.41, 5.74) is -0.786. The Balaban J connectivity index is 1.35. The average molecular weight is 688 g/mol. The van der Waals surface area contributed by atoms with Gasteiger partial charge in [-0.2, -0.15) is 0 Å². The molecule has 4 aliphatic rings. The van der Waals surface area contributed by atoms with Crippen molar-refractivity contribution in [3.63, 3.8) is 0 Å². The first-order valence-electron chi connectivity index (χ1n) is 17.4. The molecule has 6 atom stereocenters. The minimum absolute atomic E-state index is 0.0511. The lowest BCUT2D eigenvalue weighted by Gasteiger charge is -2.41. The van der Waals surface area contributed by atoms with Gasteiger partial charge in [-0.1, -0.05) is 40.0 Å². The standard InChI is InChI=1S/C34H47F2N7O6/c1-34(2,3)28(42-30(46)25(18-7-5-4-6-8-18)41-29(45)23-17-37-13-14-38-23)33(49)43-21-12-9-19(15-21)26(43)31(47)40-22(16-24(35)36)27(44)32(48)39-20-10-11-20/h13-14,17-22,24-26,28H,4-12,15-16H2,1-3H3,(H,39,48)(H,40,47)(H,41,45)(H,42,46)/t19?,21?,22?,25-,26?,28+/m0/s1. The lowest BCUT2D eigenvalue weighted by Crippen LogP contribution is -2.64. The zero-order valence-corrected chi connectivity index (χ0v) is 28.3. The van der Waals surface area contributed by atoms with Crippen LogP contribution in [0.1, 0.15) is 102 Å². The minimum Gasteiger partial charge on any atom is -0.347 e. The van der Waals surface area contributed by atoms with Crippen LogP contribution in [0.25, 0.3) is 0 Å². The molecule has 13 nitrogen and oxygen atoms in total. The van der Waals surface area contributed by atoms with Crippen molar-refractivity contribution >= 4 is 35.3 Å². The van der Waals surface area contributed by atoms with E-state index in [2.05, 4.69) is 31.2 Å². The van der Waals surface area contributed by atoms with Crippen LogP contribution >= 0.6 is 0 Å². The molecule has 2 heterocycles. The summed E-state index contributed by atoms with van der Waals surface area (Å²) in [7, 11) is 0. The van der Waals surface area contributed by atoms with E-state index in [4.69, 9.17) is 0 Å². The number of rotatable bonds is 13. The summed E-state index contributed by atoms with van der Waals surface area (Å²) in [6, 6.07) is -5.41. The molecule has 4 fully saturated rings. The molecule has 1 aromatic rings. The number of carbonyl (C=O) groups is 6. The van der Waals surface area contributed by atoms with Crippen molar-refractivity contribution in [3.8, 4) is 0 Å². The number of piperidine rings is 1. The molecule has 4 N–H and O–H groups in total. The Labute approximate surface area is 284 Å². The average Bonchev–Trinajstić information content (AvgIpc) is 3.64. The highest BCUT2D eigenvalue weighted by Gasteiger charge is 2.54. The predicted octanol–water partition coefficient (Wildman–Crippen LogP) is 2.05. The van der Waals surface area contributed by atoms with Gasteiger partial charge in [0.1, 0.15) is 29.9 Å². The molecule has 5 rings (SSSR count). The molecular weight excluding hydrogens is 640 g/mol. The molecule has 4 unspecified atom stereocenters. The SMILES string of the molecule is CC(C)(C)[C@H](NC(=O)[C@@H](NC(=O)c1cnccn1)C1CCCCC1)C(=O)N1C2CCC(C2)C1C(=O)NC(CC(F)F)C(=O)C(=O)NC1CC1. The fourth-order valence-corrected chi connectivity index (χ4v) is 7.48. The van der Waals surface area contributed by atoms with Gasteiger partial charge >= 0.3 is 0 Å². The summed E-state index contributed by atoms with van der Waals surface area (Å²) in [4.78, 5) is 90.2. The van der Waals surface area contributed by atoms with E-state index in [9.17, 15) is 37.5 Å². The first-order valence-corrected chi connectivity index (χ1v) is 17.4. The van der Waals surface area contributed by atoms with Gasteiger partial charge < -0.3 is 26.2 Å². The van der Waals surface area contributed by atoms with E-state index in [1.54, 1.807) is 20.8 Å². The van der Waals surface area contributed by atoms with Crippen molar-refractivity contribution in [2.45, 2.75) is 134 Å². The van der Waals surface area contributed by atoms with Crippen LogP contribution in [0.2, 0.25) is 0 Å². The van der Waals surface area contributed by atoms with Crippen LogP contribution < -0.4 is 21.3 Å². The van der Waals surface area contributed by atoms with Crippen LogP contribution in [0, 0.1) is 17.3 Å². The van der Waals surface area contributed by atoms with Gasteiger partial charge in [0.25, 0.3) is 11.8 Å². The number of nitrogens with zero attached hydrogens (tertiary/aromatic N) is 3. The second kappa shape index (κ2) is 15.2. The summed E-state index contributed by atoms with van der Waals surface area (Å²) in [6.45, 7) is 5.34. The Bertz CT molecular complexity index is 1410. The van der Waals surface area contributed by atoms with Crippen LogP contribution in [0.5, 0.6) is 0 Å². The van der Waals surface area contributed by atoms with Crippen LogP contribution in [0.3, 0.4) is 0 Å². The highest BCUT2D eigenvalue weighted by atomic mass is 19.3. The number of alkyl halides is 2. The number of hydrogen-bond acceptors (Lipinski definition) is 8. The van der Waals surface area contributed by atoms with Gasteiger partial charge in [0.15, 0.2) is 0 Å². The van der Waals surface area contributed by atoms with Crippen LogP contribution in [-0.2, 0) is 24.0 Å². The predicted molar refractivity (Wildman–Crippen MR) is 172 cm³/mol. The number of amides is 5. The van der Waals surface area contributed by atoms with Gasteiger partial charge in [-0.15, -0.1) is 0 Å². The molecule has 1 saturated heterocycles. The van der Waals surface area contributed by atoms with E-state index in [1.807, 2.05) is 0 Å². The van der Waals surface area contributed by atoms with E-state index in [1.165, 1.54) is 23.5 Å². The molecule has 0 spiro atoms. The first-order chi connectivity index (χ1) is 23.2. The summed E-state index contributed by atoms with van der Waals surface area (Å²) >= 11 is 0. The molecule has 268 valence electrons. The Morgan fingerprint density at radius 3 is 2.24 bits per heavy atom. The summed E-state index contributed by atoms with van der Waals surface area (Å²) in [5.74, 6) is -5.03. The third-order valence-electron chi connectivity index (χ3n) is 10.2. The molecule has 5 amide bonds. The van der Waals surface area contributed by atoms with Crippen molar-refractivity contribution in [3.05, 3.63) is 24.3 Å². The number of aromatic nitrogens is 2. The van der Waals surface area contributed by atoms with Crippen molar-refractivity contribution in [2.75, 3.05) is 0 Å². The highest BCUT2D eigenvalue weighted by molar-refractivity contribution is 6.38. The molecule has 2 bridgehead atoms. The van der Waals surface area contributed by atoms with E-state index in [0.29, 0.717) is 44.9 Å². The number of halogens is 2. The molecule has 0 aromatic carbocycles. The second-order valence-corrected chi connectivity index (χ2v) is 15.0. The largest absolute Gasteiger partial charge is 0.347 e. The fourth-order valence-electron chi connectivity index (χ4n) is 7.48. The van der Waals surface area contributed by atoms with Gasteiger partial charge in [-0.05, 0) is 62.2 Å². The van der Waals surface area contributed by atoms with Crippen molar-refractivity contribution in [1.82, 2.24) is 36.1 Å². The molecule has 1 aromatic heterocycles. The topological polar surface area (TPSA) is 180 Å². The lowest BCUT2D eigenvalue weighted by atomic mass is 9.81. The summed E-state index contributed by atoms with van der Waals surface area (Å²) in [6.07, 6.45) is 7.45. The Morgan fingerprint density at radius 2 is 1.63 bits per heavy atom. The molecule has 15 heteroatoms. The normalized spacial score (nSPS) is 24.1. The van der Waals surface area contributed by atoms with Crippen molar-refractivity contribution in [2.24, 2.45) is 17.3 Å². The maximum atomic E-state index is 14.5. The maximum absolute atomic E-state index is 14.5. The van der Waals surface area contributed by atoms with Gasteiger partial charge in [0.2, 0.25) is 29.9 Å². The minimum atomic E-state index is -2.97. The van der Waals surface area contributed by atoms with Gasteiger partial charge in [-0.25, -0.2) is 13.8 Å². The van der Waals surface area contributed by atoms with E-state index >= 15 is 0 Å². The zero-order valence-electron chi connectivity index (χ0n) is 28.3. The molecular formula is C34H47F2N7O6. The quantitative estimate of drug-likeness (QED) is 0.228. The third-order valence-corrected chi connectivity index (χ3v) is 10.2. The number of Topliss-reactive ketones (excluding diaryl/α,β-unsaturated/α-hetero) is 1. The van der Waals surface area contributed by atoms with Crippen molar-refractivity contribution in [1.29, 1.82) is 0 Å². The van der Waals surface area contributed by atoms with Gasteiger partial charge in [0, 0.05) is 30.9 Å². The molecule has 3 aliphatic carbocycles. The Kier molecular flexibility index (Phi) is 11.3. The second-order valence-electron chi connectivity index (χ2n) is 15.0. The molecule has 0 radical (unpaired) electrons. The van der Waals surface area contributed by atoms with E-state index in [0.717, 1.165) is 19.3 Å². The van der Waals surface area contributed by atoms with Gasteiger partial charge in [0.05, 0.1) is 6.20 Å². The number of ketones is 1. The molecule has 3 saturated carbocycles. The first kappa shape index (κ1) is 36.2. The fraction of sp³-hybridized carbons (Fsp3) is 0.706. The van der Waals surface area contributed by atoms with Crippen LogP contribution in [0.15, 0.2) is 18.6 Å². The monoisotopic (exact) mass is 687 g/mol. The smallest absolute Gasteiger partial charge is 0.289 e. The number of carbonyl (C=O) groups excluding carboxylic acids is 6. The summed E-state index contributed by atoms with van der Waals surface area (Å²) in [5, 5.41) is 10.6. The molecule has 49 heavy (non-hydrogen) atoms. The van der Waals surface area contributed by atoms with E-state index < -0.39 is 77.7 Å². The Morgan fingerprint density at radius 1 is 0.918 bits per heavy atom. The maximum Gasteiger partial charge on any atom is 0.289 e. The highest BCUT2D eigenvalue weighted by Crippen LogP contribution is 2.44. The van der Waals surface area contributed by atoms with Crippen LogP contribution in [0.4, 0.5) is 8.78 Å². The Hall–Kier alpha value is -4.04. The van der Waals surface area contributed by atoms with Crippen molar-refractivity contribution < 1.29 is 37.5 Å².